The first-order valence-corrected chi connectivity index (χ1v) is 8.13. The molecule has 1 aliphatic heterocycles. The highest BCUT2D eigenvalue weighted by atomic mass is 127. The molecule has 1 aliphatic rings. The van der Waals surface area contributed by atoms with Crippen LogP contribution in [0.3, 0.4) is 0 Å². The van der Waals surface area contributed by atoms with Gasteiger partial charge in [-0.3, -0.25) is 14.3 Å². The maximum atomic E-state index is 12.1. The first-order valence-electron chi connectivity index (χ1n) is 7.05. The largest absolute Gasteiger partial charge is 0.394 e. The van der Waals surface area contributed by atoms with Gasteiger partial charge in [0.1, 0.15) is 12.3 Å². The average Bonchev–Trinajstić information content (AvgIpc) is 2.88. The number of benzene rings is 1. The third kappa shape index (κ3) is 3.25. The van der Waals surface area contributed by atoms with E-state index in [1.165, 1.54) is 10.8 Å². The predicted octanol–water partition coefficient (Wildman–Crippen LogP) is 0.449. The highest BCUT2D eigenvalue weighted by Crippen LogP contribution is 2.28. The van der Waals surface area contributed by atoms with E-state index in [9.17, 15) is 14.7 Å². The van der Waals surface area contributed by atoms with E-state index in [0.29, 0.717) is 11.1 Å². The molecule has 0 amide bonds. The fraction of sp³-hybridized carbons (Fsp3) is 0.333. The number of halogens is 1. The minimum Gasteiger partial charge on any atom is -0.394 e. The topological polar surface area (TPSA) is 105 Å². The maximum Gasteiger partial charge on any atom is 0.330 e. The first kappa shape index (κ1) is 16.4. The third-order valence-electron chi connectivity index (χ3n) is 3.80. The van der Waals surface area contributed by atoms with Crippen molar-refractivity contribution in [2.75, 3.05) is 6.61 Å². The molecular formula is C15H15IN2O5. The Bertz CT molecular complexity index is 831. The molecule has 0 radical (unpaired) electrons. The number of H-pyrrole nitrogens is 1. The zero-order chi connectivity index (χ0) is 16.6. The number of hydrogen-bond donors (Lipinski definition) is 3. The Balaban J connectivity index is 2.05. The van der Waals surface area contributed by atoms with Gasteiger partial charge in [-0.15, -0.1) is 0 Å². The lowest BCUT2D eigenvalue weighted by Gasteiger charge is -2.15. The molecule has 0 bridgehead atoms. The Labute approximate surface area is 144 Å². The highest BCUT2D eigenvalue weighted by molar-refractivity contribution is 14.1. The van der Waals surface area contributed by atoms with Crippen molar-refractivity contribution in [2.45, 2.75) is 24.9 Å². The second kappa shape index (κ2) is 6.56. The average molecular weight is 430 g/mol. The molecule has 8 heteroatoms. The second-order valence-electron chi connectivity index (χ2n) is 5.33. The molecule has 7 nitrogen and oxygen atoms in total. The molecule has 0 spiro atoms. The maximum absolute atomic E-state index is 12.1. The van der Waals surface area contributed by atoms with E-state index in [2.05, 4.69) is 27.6 Å². The smallest absolute Gasteiger partial charge is 0.330 e. The molecule has 1 aromatic carbocycles. The summed E-state index contributed by atoms with van der Waals surface area (Å²) in [7, 11) is 0. The number of aliphatic hydroxyl groups excluding tert-OH is 2. The number of ether oxygens (including phenoxy) is 1. The van der Waals surface area contributed by atoms with Gasteiger partial charge in [0.15, 0.2) is 0 Å². The molecule has 2 aromatic rings. The van der Waals surface area contributed by atoms with E-state index in [1.807, 2.05) is 18.2 Å². The lowest BCUT2D eigenvalue weighted by atomic mass is 10.1. The molecule has 3 atom stereocenters. The number of aliphatic hydroxyl groups is 2. The quantitative estimate of drug-likeness (QED) is 0.614. The highest BCUT2D eigenvalue weighted by Gasteiger charge is 2.35. The number of aromatic nitrogens is 2. The third-order valence-corrected chi connectivity index (χ3v) is 4.47. The normalized spacial score (nSPS) is 24.0. The molecule has 1 aromatic heterocycles. The van der Waals surface area contributed by atoms with Crippen molar-refractivity contribution in [1.82, 2.24) is 9.55 Å². The summed E-state index contributed by atoms with van der Waals surface area (Å²) in [6.07, 6.45) is -0.718. The van der Waals surface area contributed by atoms with Crippen LogP contribution in [0.25, 0.3) is 11.1 Å². The molecule has 3 rings (SSSR count). The van der Waals surface area contributed by atoms with E-state index < -0.39 is 29.7 Å². The van der Waals surface area contributed by atoms with Crippen LogP contribution in [0.5, 0.6) is 0 Å². The van der Waals surface area contributed by atoms with Crippen molar-refractivity contribution in [3.8, 4) is 11.1 Å². The summed E-state index contributed by atoms with van der Waals surface area (Å²) in [4.78, 5) is 26.4. The van der Waals surface area contributed by atoms with Crippen LogP contribution in [-0.4, -0.2) is 38.6 Å². The first-order chi connectivity index (χ1) is 11.0. The van der Waals surface area contributed by atoms with Crippen molar-refractivity contribution < 1.29 is 14.9 Å². The van der Waals surface area contributed by atoms with E-state index in [0.717, 1.165) is 3.57 Å². The van der Waals surface area contributed by atoms with Crippen molar-refractivity contribution in [3.63, 3.8) is 0 Å². The minimum absolute atomic E-state index is 0.170. The van der Waals surface area contributed by atoms with E-state index >= 15 is 0 Å². The van der Waals surface area contributed by atoms with Gasteiger partial charge < -0.3 is 14.9 Å². The van der Waals surface area contributed by atoms with E-state index in [4.69, 9.17) is 9.84 Å². The second-order valence-corrected chi connectivity index (χ2v) is 6.58. The SMILES string of the molecule is O=c1[nH]c(=O)n([C@H]2C[C@H](O)[C@@H](CO)O2)cc1-c1cccc(I)c1. The Kier molecular flexibility index (Phi) is 4.67. The number of aromatic amines is 1. The van der Waals surface area contributed by atoms with Gasteiger partial charge in [-0.2, -0.15) is 0 Å². The lowest BCUT2D eigenvalue weighted by molar-refractivity contribution is -0.0458. The van der Waals surface area contributed by atoms with Crippen LogP contribution in [0.1, 0.15) is 12.6 Å². The minimum atomic E-state index is -0.857. The summed E-state index contributed by atoms with van der Waals surface area (Å²) in [5.41, 5.74) is -0.0662. The molecule has 0 unspecified atom stereocenters. The van der Waals surface area contributed by atoms with Gasteiger partial charge >= 0.3 is 5.69 Å². The van der Waals surface area contributed by atoms with Gasteiger partial charge in [0, 0.05) is 16.2 Å². The van der Waals surface area contributed by atoms with Gasteiger partial charge in [0.2, 0.25) is 0 Å². The molecular weight excluding hydrogens is 415 g/mol. The predicted molar refractivity (Wildman–Crippen MR) is 91.1 cm³/mol. The lowest BCUT2D eigenvalue weighted by Crippen LogP contribution is -2.33. The summed E-state index contributed by atoms with van der Waals surface area (Å²) in [5, 5.41) is 19.0. The van der Waals surface area contributed by atoms with E-state index in [-0.39, 0.29) is 13.0 Å². The molecule has 23 heavy (non-hydrogen) atoms. The Morgan fingerprint density at radius 2 is 2.17 bits per heavy atom. The summed E-state index contributed by atoms with van der Waals surface area (Å²) in [6, 6.07) is 7.34. The van der Waals surface area contributed by atoms with Crippen molar-refractivity contribution >= 4 is 22.6 Å². The van der Waals surface area contributed by atoms with Crippen molar-refractivity contribution in [1.29, 1.82) is 0 Å². The van der Waals surface area contributed by atoms with Gasteiger partial charge in [-0.05, 0) is 40.3 Å². The van der Waals surface area contributed by atoms with Crippen LogP contribution in [0, 0.1) is 3.57 Å². The van der Waals surface area contributed by atoms with E-state index in [1.54, 1.807) is 6.07 Å². The monoisotopic (exact) mass is 430 g/mol. The standard InChI is InChI=1S/C15H15IN2O5/c16-9-3-1-2-8(4-9)10-6-18(15(22)17-14(10)21)13-5-11(20)12(7-19)23-13/h1-4,6,11-13,19-20H,5,7H2,(H,17,21,22)/t11-,12+,13+/m0/s1. The van der Waals surface area contributed by atoms with Crippen molar-refractivity contribution in [3.05, 3.63) is 54.9 Å². The molecule has 0 aliphatic carbocycles. The molecule has 0 saturated carbocycles. The van der Waals surface area contributed by atoms with Gasteiger partial charge in [-0.1, -0.05) is 12.1 Å². The van der Waals surface area contributed by atoms with Crippen LogP contribution in [0.15, 0.2) is 40.1 Å². The van der Waals surface area contributed by atoms with Gasteiger partial charge in [0.05, 0.1) is 18.3 Å². The molecule has 3 N–H and O–H groups in total. The van der Waals surface area contributed by atoms with Crippen molar-refractivity contribution in [2.24, 2.45) is 0 Å². The Morgan fingerprint density at radius 1 is 1.39 bits per heavy atom. The fourth-order valence-electron chi connectivity index (χ4n) is 2.61. The zero-order valence-electron chi connectivity index (χ0n) is 12.0. The van der Waals surface area contributed by atoms with Gasteiger partial charge in [0.25, 0.3) is 5.56 Å². The molecule has 2 heterocycles. The summed E-state index contributed by atoms with van der Waals surface area (Å²) in [6.45, 7) is -0.334. The number of nitrogens with one attached hydrogen (secondary N) is 1. The molecule has 122 valence electrons. The number of nitrogens with zero attached hydrogens (tertiary/aromatic N) is 1. The van der Waals surface area contributed by atoms with Crippen LogP contribution in [0.4, 0.5) is 0 Å². The van der Waals surface area contributed by atoms with Crippen LogP contribution in [-0.2, 0) is 4.74 Å². The van der Waals surface area contributed by atoms with Gasteiger partial charge in [-0.25, -0.2) is 4.79 Å². The summed E-state index contributed by atoms with van der Waals surface area (Å²) in [5.74, 6) is 0. The fourth-order valence-corrected chi connectivity index (χ4v) is 3.15. The summed E-state index contributed by atoms with van der Waals surface area (Å²) < 4.78 is 7.69. The van der Waals surface area contributed by atoms with Crippen LogP contribution >= 0.6 is 22.6 Å². The number of hydrogen-bond acceptors (Lipinski definition) is 5. The van der Waals surface area contributed by atoms with Crippen LogP contribution in [0.2, 0.25) is 0 Å². The number of rotatable bonds is 3. The Hall–Kier alpha value is -1.49. The zero-order valence-corrected chi connectivity index (χ0v) is 14.1. The Morgan fingerprint density at radius 3 is 2.83 bits per heavy atom. The molecule has 1 fully saturated rings. The van der Waals surface area contributed by atoms with Crippen LogP contribution < -0.4 is 11.2 Å². The summed E-state index contributed by atoms with van der Waals surface area (Å²) >= 11 is 2.14. The molecule has 1 saturated heterocycles.